The molecule has 1 nitrogen and oxygen atoms in total. The minimum Gasteiger partial charge on any atom is -0.384 e. The van der Waals surface area contributed by atoms with Crippen LogP contribution in [0.5, 0.6) is 0 Å². The smallest absolute Gasteiger partial charge is 0.103 e. The third-order valence-electron chi connectivity index (χ3n) is 1.73. The summed E-state index contributed by atoms with van der Waals surface area (Å²) in [4.78, 5) is 0. The Morgan fingerprint density at radius 1 is 1.33 bits per heavy atom. The Kier molecular flexibility index (Phi) is 2.83. The van der Waals surface area contributed by atoms with Crippen LogP contribution in [0.4, 0.5) is 0 Å². The van der Waals surface area contributed by atoms with Crippen LogP contribution in [0.2, 0.25) is 0 Å². The van der Waals surface area contributed by atoms with E-state index in [1.165, 1.54) is 0 Å². The van der Waals surface area contributed by atoms with Crippen molar-refractivity contribution in [2.75, 3.05) is 0 Å². The molecule has 1 heteroatoms. The molecule has 1 rings (SSSR count). The van der Waals surface area contributed by atoms with Crippen LogP contribution in [0.1, 0.15) is 11.7 Å². The molecular formula is C11H12O. The Balaban J connectivity index is 2.85. The highest BCUT2D eigenvalue weighted by Gasteiger charge is 2.06. The summed E-state index contributed by atoms with van der Waals surface area (Å²) < 4.78 is 0. The number of hydrogen-bond acceptors (Lipinski definition) is 1. The summed E-state index contributed by atoms with van der Waals surface area (Å²) >= 11 is 0. The number of rotatable bonds is 3. The molecule has 1 N–H and O–H groups in total. The van der Waals surface area contributed by atoms with Crippen LogP contribution in [0.25, 0.3) is 0 Å². The summed E-state index contributed by atoms with van der Waals surface area (Å²) in [5.74, 6) is 0. The SMILES string of the molecule is C=CC(=C)C(O)c1ccccc1. The molecule has 0 aliphatic carbocycles. The molecule has 0 heterocycles. The molecule has 1 aromatic rings. The average Bonchev–Trinajstić information content (AvgIpc) is 2.17. The molecule has 0 aromatic heterocycles. The van der Waals surface area contributed by atoms with E-state index in [9.17, 15) is 5.11 Å². The average molecular weight is 160 g/mol. The van der Waals surface area contributed by atoms with Gasteiger partial charge in [0.1, 0.15) is 6.10 Å². The van der Waals surface area contributed by atoms with Crippen molar-refractivity contribution in [3.05, 3.63) is 60.7 Å². The third-order valence-corrected chi connectivity index (χ3v) is 1.73. The van der Waals surface area contributed by atoms with Gasteiger partial charge in [0.05, 0.1) is 0 Å². The van der Waals surface area contributed by atoms with E-state index in [0.29, 0.717) is 5.57 Å². The Bertz CT molecular complexity index is 274. The number of aliphatic hydroxyl groups is 1. The predicted molar refractivity (Wildman–Crippen MR) is 50.7 cm³/mol. The van der Waals surface area contributed by atoms with E-state index in [0.717, 1.165) is 5.56 Å². The molecule has 0 aliphatic rings. The van der Waals surface area contributed by atoms with Crippen molar-refractivity contribution in [1.29, 1.82) is 0 Å². The fourth-order valence-corrected chi connectivity index (χ4v) is 0.961. The van der Waals surface area contributed by atoms with Gasteiger partial charge in [0, 0.05) is 0 Å². The molecule has 1 aromatic carbocycles. The molecule has 0 bridgehead atoms. The molecule has 1 atom stereocenters. The highest BCUT2D eigenvalue weighted by atomic mass is 16.3. The molecule has 0 radical (unpaired) electrons. The summed E-state index contributed by atoms with van der Waals surface area (Å²) in [7, 11) is 0. The highest BCUT2D eigenvalue weighted by molar-refractivity contribution is 5.29. The van der Waals surface area contributed by atoms with Crippen LogP contribution < -0.4 is 0 Å². The Morgan fingerprint density at radius 3 is 2.42 bits per heavy atom. The first-order chi connectivity index (χ1) is 5.75. The number of benzene rings is 1. The molecule has 0 fully saturated rings. The van der Waals surface area contributed by atoms with Gasteiger partial charge in [-0.05, 0) is 11.1 Å². The molecule has 0 aliphatic heterocycles. The maximum atomic E-state index is 9.62. The minimum atomic E-state index is -0.622. The highest BCUT2D eigenvalue weighted by Crippen LogP contribution is 2.19. The van der Waals surface area contributed by atoms with Crippen LogP contribution >= 0.6 is 0 Å². The zero-order chi connectivity index (χ0) is 8.97. The molecular weight excluding hydrogens is 148 g/mol. The second-order valence-electron chi connectivity index (χ2n) is 2.59. The van der Waals surface area contributed by atoms with Gasteiger partial charge in [-0.25, -0.2) is 0 Å². The lowest BCUT2D eigenvalue weighted by molar-refractivity contribution is 0.220. The van der Waals surface area contributed by atoms with Crippen LogP contribution in [-0.4, -0.2) is 5.11 Å². The molecule has 1 unspecified atom stereocenters. The first kappa shape index (κ1) is 8.75. The topological polar surface area (TPSA) is 20.2 Å². The first-order valence-corrected chi connectivity index (χ1v) is 3.80. The van der Waals surface area contributed by atoms with Crippen molar-refractivity contribution < 1.29 is 5.11 Å². The van der Waals surface area contributed by atoms with Crippen LogP contribution in [0, 0.1) is 0 Å². The predicted octanol–water partition coefficient (Wildman–Crippen LogP) is 2.46. The van der Waals surface area contributed by atoms with Crippen molar-refractivity contribution in [3.63, 3.8) is 0 Å². The van der Waals surface area contributed by atoms with Crippen molar-refractivity contribution in [1.82, 2.24) is 0 Å². The third kappa shape index (κ3) is 1.83. The van der Waals surface area contributed by atoms with Gasteiger partial charge in [-0.1, -0.05) is 49.6 Å². The second kappa shape index (κ2) is 3.88. The van der Waals surface area contributed by atoms with E-state index in [1.807, 2.05) is 30.3 Å². The zero-order valence-corrected chi connectivity index (χ0v) is 6.90. The van der Waals surface area contributed by atoms with E-state index < -0.39 is 6.10 Å². The summed E-state index contributed by atoms with van der Waals surface area (Å²) in [5.41, 5.74) is 1.48. The lowest BCUT2D eigenvalue weighted by atomic mass is 10.0. The van der Waals surface area contributed by atoms with Crippen molar-refractivity contribution in [2.24, 2.45) is 0 Å². The van der Waals surface area contributed by atoms with Crippen LogP contribution in [-0.2, 0) is 0 Å². The Morgan fingerprint density at radius 2 is 1.92 bits per heavy atom. The van der Waals surface area contributed by atoms with Crippen molar-refractivity contribution in [3.8, 4) is 0 Å². The van der Waals surface area contributed by atoms with Gasteiger partial charge >= 0.3 is 0 Å². The van der Waals surface area contributed by atoms with Gasteiger partial charge in [0.25, 0.3) is 0 Å². The number of aliphatic hydroxyl groups excluding tert-OH is 1. The second-order valence-corrected chi connectivity index (χ2v) is 2.59. The molecule has 12 heavy (non-hydrogen) atoms. The summed E-state index contributed by atoms with van der Waals surface area (Å²) in [6.45, 7) is 7.23. The monoisotopic (exact) mass is 160 g/mol. The van der Waals surface area contributed by atoms with E-state index in [-0.39, 0.29) is 0 Å². The summed E-state index contributed by atoms with van der Waals surface area (Å²) in [5, 5.41) is 9.62. The van der Waals surface area contributed by atoms with Crippen LogP contribution in [0.15, 0.2) is 55.1 Å². The fraction of sp³-hybridized carbons (Fsp3) is 0.0909. The normalized spacial score (nSPS) is 12.1. The lowest BCUT2D eigenvalue weighted by Crippen LogP contribution is -1.97. The number of hydrogen-bond donors (Lipinski definition) is 1. The molecule has 0 spiro atoms. The van der Waals surface area contributed by atoms with Crippen molar-refractivity contribution >= 4 is 0 Å². The first-order valence-electron chi connectivity index (χ1n) is 3.80. The largest absolute Gasteiger partial charge is 0.384 e. The van der Waals surface area contributed by atoms with Crippen molar-refractivity contribution in [2.45, 2.75) is 6.10 Å². The van der Waals surface area contributed by atoms with Gasteiger partial charge in [0.15, 0.2) is 0 Å². The Labute approximate surface area is 72.7 Å². The summed E-state index contributed by atoms with van der Waals surface area (Å²) in [6, 6.07) is 9.40. The maximum absolute atomic E-state index is 9.62. The molecule has 0 saturated heterocycles. The van der Waals surface area contributed by atoms with Gasteiger partial charge in [-0.3, -0.25) is 0 Å². The van der Waals surface area contributed by atoms with Gasteiger partial charge < -0.3 is 5.11 Å². The molecule has 0 saturated carbocycles. The fourth-order valence-electron chi connectivity index (χ4n) is 0.961. The van der Waals surface area contributed by atoms with Gasteiger partial charge in [-0.15, -0.1) is 0 Å². The van der Waals surface area contributed by atoms with Gasteiger partial charge in [-0.2, -0.15) is 0 Å². The molecule has 62 valence electrons. The van der Waals surface area contributed by atoms with E-state index in [2.05, 4.69) is 13.2 Å². The van der Waals surface area contributed by atoms with E-state index >= 15 is 0 Å². The Hall–Kier alpha value is -1.34. The maximum Gasteiger partial charge on any atom is 0.103 e. The zero-order valence-electron chi connectivity index (χ0n) is 6.90. The molecule has 0 amide bonds. The minimum absolute atomic E-state index is 0.622. The van der Waals surface area contributed by atoms with Crippen LogP contribution in [0.3, 0.4) is 0 Å². The quantitative estimate of drug-likeness (QED) is 0.673. The standard InChI is InChI=1S/C11H12O/c1-3-9(2)11(12)10-7-5-4-6-8-10/h3-8,11-12H,1-2H2. The van der Waals surface area contributed by atoms with Gasteiger partial charge in [0.2, 0.25) is 0 Å². The lowest BCUT2D eigenvalue weighted by Gasteiger charge is -2.09. The van der Waals surface area contributed by atoms with E-state index in [4.69, 9.17) is 0 Å². The van der Waals surface area contributed by atoms with E-state index in [1.54, 1.807) is 6.08 Å². The summed E-state index contributed by atoms with van der Waals surface area (Å²) in [6.07, 6.45) is 0.946.